The molecule has 1 saturated heterocycles. The summed E-state index contributed by atoms with van der Waals surface area (Å²) >= 11 is 0. The summed E-state index contributed by atoms with van der Waals surface area (Å²) in [5.74, 6) is -0.474. The standard InChI is InChI=1S/C23H29N5O4/c1-14-18(11-27(4)25-14)21(30)28-12-19(22(31)26(2)3)23(13-28)9-8-15-6-7-16(32-5)10-17(15)20(29)24-23/h6-7,10-11,19H,8-9,12-13H2,1-5H3,(H,24,29)/t19-,23+/m1/s1. The van der Waals surface area contributed by atoms with E-state index in [9.17, 15) is 14.4 Å². The van der Waals surface area contributed by atoms with Crippen LogP contribution in [0.2, 0.25) is 0 Å². The number of fused-ring (bicyclic) bond motifs is 1. The molecule has 4 rings (SSSR count). The van der Waals surface area contributed by atoms with Gasteiger partial charge in [0.1, 0.15) is 5.75 Å². The zero-order chi connectivity index (χ0) is 23.2. The molecule has 1 spiro atoms. The molecule has 1 N–H and O–H groups in total. The van der Waals surface area contributed by atoms with Crippen molar-refractivity contribution in [3.8, 4) is 5.75 Å². The molecular weight excluding hydrogens is 410 g/mol. The molecule has 0 aliphatic carbocycles. The minimum atomic E-state index is -0.851. The maximum atomic E-state index is 13.3. The Morgan fingerprint density at radius 1 is 1.31 bits per heavy atom. The second kappa shape index (κ2) is 7.96. The number of nitrogens with one attached hydrogen (secondary N) is 1. The van der Waals surface area contributed by atoms with E-state index in [-0.39, 0.29) is 30.8 Å². The zero-order valence-corrected chi connectivity index (χ0v) is 19.1. The summed E-state index contributed by atoms with van der Waals surface area (Å²) in [6.45, 7) is 2.30. The molecule has 9 heteroatoms. The molecule has 1 fully saturated rings. The third-order valence-corrected chi connectivity index (χ3v) is 6.58. The number of ether oxygens (including phenoxy) is 1. The topological polar surface area (TPSA) is 96.8 Å². The average Bonchev–Trinajstić information content (AvgIpc) is 3.25. The highest BCUT2D eigenvalue weighted by Gasteiger charge is 2.53. The van der Waals surface area contributed by atoms with Gasteiger partial charge in [0.05, 0.1) is 29.8 Å². The molecule has 170 valence electrons. The number of carbonyl (C=O) groups excluding carboxylic acids is 3. The van der Waals surface area contributed by atoms with E-state index in [0.717, 1.165) is 5.56 Å². The van der Waals surface area contributed by atoms with Crippen molar-refractivity contribution < 1.29 is 19.1 Å². The molecule has 9 nitrogen and oxygen atoms in total. The zero-order valence-electron chi connectivity index (χ0n) is 19.1. The van der Waals surface area contributed by atoms with Crippen molar-refractivity contribution in [2.75, 3.05) is 34.3 Å². The number of rotatable bonds is 3. The molecule has 1 aromatic carbocycles. The highest BCUT2D eigenvalue weighted by Crippen LogP contribution is 2.37. The summed E-state index contributed by atoms with van der Waals surface area (Å²) in [6.07, 6.45) is 2.86. The molecule has 2 aromatic rings. The van der Waals surface area contributed by atoms with Crippen LogP contribution in [0.15, 0.2) is 24.4 Å². The quantitative estimate of drug-likeness (QED) is 0.770. The molecule has 0 bridgehead atoms. The van der Waals surface area contributed by atoms with Crippen molar-refractivity contribution in [3.05, 3.63) is 46.8 Å². The van der Waals surface area contributed by atoms with Crippen LogP contribution < -0.4 is 10.1 Å². The highest BCUT2D eigenvalue weighted by molar-refractivity contribution is 5.99. The fourth-order valence-corrected chi connectivity index (χ4v) is 4.88. The lowest BCUT2D eigenvalue weighted by atomic mass is 9.81. The summed E-state index contributed by atoms with van der Waals surface area (Å²) in [5.41, 5.74) is 1.75. The first kappa shape index (κ1) is 21.9. The Balaban J connectivity index is 1.70. The molecule has 3 heterocycles. The summed E-state index contributed by atoms with van der Waals surface area (Å²) in [7, 11) is 6.73. The normalized spacial score (nSPS) is 22.3. The van der Waals surface area contributed by atoms with Gasteiger partial charge in [0.25, 0.3) is 11.8 Å². The van der Waals surface area contributed by atoms with E-state index in [1.165, 1.54) is 4.90 Å². The summed E-state index contributed by atoms with van der Waals surface area (Å²) < 4.78 is 6.89. The Labute approximate surface area is 187 Å². The van der Waals surface area contributed by atoms with Gasteiger partial charge in [-0.05, 0) is 37.5 Å². The Hall–Kier alpha value is -3.36. The molecule has 0 saturated carbocycles. The molecule has 0 unspecified atom stereocenters. The number of hydrogen-bond acceptors (Lipinski definition) is 5. The van der Waals surface area contributed by atoms with E-state index < -0.39 is 11.5 Å². The van der Waals surface area contributed by atoms with Crippen molar-refractivity contribution in [1.29, 1.82) is 0 Å². The van der Waals surface area contributed by atoms with Crippen molar-refractivity contribution in [3.63, 3.8) is 0 Å². The number of carbonyl (C=O) groups is 3. The van der Waals surface area contributed by atoms with Gasteiger partial charge in [0, 0.05) is 46.0 Å². The van der Waals surface area contributed by atoms with E-state index in [1.54, 1.807) is 57.0 Å². The van der Waals surface area contributed by atoms with E-state index in [1.807, 2.05) is 12.1 Å². The van der Waals surface area contributed by atoms with Crippen LogP contribution in [0, 0.1) is 12.8 Å². The van der Waals surface area contributed by atoms with E-state index in [2.05, 4.69) is 10.4 Å². The van der Waals surface area contributed by atoms with E-state index in [0.29, 0.717) is 35.4 Å². The van der Waals surface area contributed by atoms with Gasteiger partial charge in [-0.2, -0.15) is 5.10 Å². The molecular formula is C23H29N5O4. The monoisotopic (exact) mass is 439 g/mol. The Bertz CT molecular complexity index is 1090. The maximum absolute atomic E-state index is 13.3. The van der Waals surface area contributed by atoms with Crippen LogP contribution in [-0.2, 0) is 18.3 Å². The Kier molecular flexibility index (Phi) is 5.44. The van der Waals surface area contributed by atoms with Gasteiger partial charge in [0.2, 0.25) is 5.91 Å². The molecule has 0 radical (unpaired) electrons. The summed E-state index contributed by atoms with van der Waals surface area (Å²) in [4.78, 5) is 43.0. The first-order chi connectivity index (χ1) is 15.1. The lowest BCUT2D eigenvalue weighted by molar-refractivity contribution is -0.134. The van der Waals surface area contributed by atoms with Crippen molar-refractivity contribution >= 4 is 17.7 Å². The smallest absolute Gasteiger partial charge is 0.257 e. The van der Waals surface area contributed by atoms with Gasteiger partial charge < -0.3 is 19.9 Å². The van der Waals surface area contributed by atoms with Crippen LogP contribution in [0.4, 0.5) is 0 Å². The third-order valence-electron chi connectivity index (χ3n) is 6.58. The minimum absolute atomic E-state index is 0.105. The van der Waals surface area contributed by atoms with Gasteiger partial charge in [-0.15, -0.1) is 0 Å². The number of aromatic nitrogens is 2. The largest absolute Gasteiger partial charge is 0.497 e. The van der Waals surface area contributed by atoms with Crippen LogP contribution in [0.1, 0.15) is 38.4 Å². The second-order valence-electron chi connectivity index (χ2n) is 8.91. The highest BCUT2D eigenvalue weighted by atomic mass is 16.5. The Morgan fingerprint density at radius 3 is 2.69 bits per heavy atom. The molecule has 1 aromatic heterocycles. The van der Waals surface area contributed by atoms with E-state index >= 15 is 0 Å². The molecule has 32 heavy (non-hydrogen) atoms. The number of amides is 3. The van der Waals surface area contributed by atoms with Crippen LogP contribution in [0.5, 0.6) is 5.75 Å². The number of aryl methyl sites for hydroxylation is 3. The number of benzene rings is 1. The minimum Gasteiger partial charge on any atom is -0.497 e. The summed E-state index contributed by atoms with van der Waals surface area (Å²) in [5, 5.41) is 7.42. The lowest BCUT2D eigenvalue weighted by Gasteiger charge is -2.34. The van der Waals surface area contributed by atoms with E-state index in [4.69, 9.17) is 4.74 Å². The van der Waals surface area contributed by atoms with Crippen molar-refractivity contribution in [1.82, 2.24) is 24.9 Å². The lowest BCUT2D eigenvalue weighted by Crippen LogP contribution is -2.57. The predicted octanol–water partition coefficient (Wildman–Crippen LogP) is 1.01. The number of likely N-dealkylation sites (tertiary alicyclic amines) is 1. The van der Waals surface area contributed by atoms with Gasteiger partial charge in [-0.25, -0.2) is 0 Å². The number of hydrogen-bond donors (Lipinski definition) is 1. The van der Waals surface area contributed by atoms with Crippen molar-refractivity contribution in [2.45, 2.75) is 25.3 Å². The average molecular weight is 440 g/mol. The fraction of sp³-hybridized carbons (Fsp3) is 0.478. The predicted molar refractivity (Wildman–Crippen MR) is 118 cm³/mol. The van der Waals surface area contributed by atoms with Gasteiger partial charge >= 0.3 is 0 Å². The molecule has 2 aliphatic heterocycles. The number of nitrogens with zero attached hydrogens (tertiary/aromatic N) is 4. The second-order valence-corrected chi connectivity index (χ2v) is 8.91. The maximum Gasteiger partial charge on any atom is 0.257 e. The van der Waals surface area contributed by atoms with Crippen LogP contribution in [0.25, 0.3) is 0 Å². The fourth-order valence-electron chi connectivity index (χ4n) is 4.88. The first-order valence-electron chi connectivity index (χ1n) is 10.7. The molecule has 2 aliphatic rings. The molecule has 3 amide bonds. The van der Waals surface area contributed by atoms with Crippen molar-refractivity contribution in [2.24, 2.45) is 13.0 Å². The van der Waals surface area contributed by atoms with Crippen LogP contribution >= 0.6 is 0 Å². The third kappa shape index (κ3) is 3.61. The summed E-state index contributed by atoms with van der Waals surface area (Å²) in [6, 6.07) is 5.46. The van der Waals surface area contributed by atoms with Crippen LogP contribution in [0.3, 0.4) is 0 Å². The Morgan fingerprint density at radius 2 is 2.06 bits per heavy atom. The SMILES string of the molecule is COc1ccc2c(c1)C(=O)N[C@@]1(CC2)CN(C(=O)c2cn(C)nc2C)C[C@@H]1C(=O)N(C)C. The van der Waals surface area contributed by atoms with Gasteiger partial charge in [0.15, 0.2) is 0 Å². The molecule has 2 atom stereocenters. The van der Waals surface area contributed by atoms with Crippen LogP contribution in [-0.4, -0.2) is 77.1 Å². The van der Waals surface area contributed by atoms with Gasteiger partial charge in [-0.1, -0.05) is 6.07 Å². The van der Waals surface area contributed by atoms with Gasteiger partial charge in [-0.3, -0.25) is 19.1 Å². The number of methoxy groups -OCH3 is 1. The first-order valence-corrected chi connectivity index (χ1v) is 10.7.